The van der Waals surface area contributed by atoms with E-state index in [9.17, 15) is 14.9 Å². The van der Waals surface area contributed by atoms with Crippen LogP contribution < -0.4 is 10.6 Å². The molecule has 0 radical (unpaired) electrons. The van der Waals surface area contributed by atoms with Crippen LogP contribution in [0.5, 0.6) is 0 Å². The maximum Gasteiger partial charge on any atom is 0.268 e. The number of nitriles is 1. The van der Waals surface area contributed by atoms with Gasteiger partial charge < -0.3 is 19.8 Å². The van der Waals surface area contributed by atoms with Gasteiger partial charge >= 0.3 is 0 Å². The molecule has 4 heterocycles. The Morgan fingerprint density at radius 2 is 1.43 bits per heavy atom. The fourth-order valence-corrected chi connectivity index (χ4v) is 6.65. The average molecular weight is 566 g/mol. The van der Waals surface area contributed by atoms with Crippen LogP contribution in [0.15, 0.2) is 30.3 Å². The maximum atomic E-state index is 12.4. The van der Waals surface area contributed by atoms with Crippen molar-refractivity contribution in [1.29, 1.82) is 5.26 Å². The fraction of sp³-hybridized carbons (Fsp3) is 0.457. The molecule has 220 valence electrons. The van der Waals surface area contributed by atoms with Crippen LogP contribution in [0.1, 0.15) is 89.3 Å². The van der Waals surface area contributed by atoms with Crippen LogP contribution in [0.4, 0.5) is 0 Å². The van der Waals surface area contributed by atoms with Gasteiger partial charge in [-0.1, -0.05) is 39.3 Å². The predicted octanol–water partition coefficient (Wildman–Crippen LogP) is 6.44. The molecule has 2 aliphatic rings. The summed E-state index contributed by atoms with van der Waals surface area (Å²) in [7, 11) is 0. The summed E-state index contributed by atoms with van der Waals surface area (Å²) >= 11 is 0. The molecule has 0 spiro atoms. The lowest BCUT2D eigenvalue weighted by molar-refractivity contribution is 0.0943. The number of hydrogen-bond acceptors (Lipinski definition) is 3. The third kappa shape index (κ3) is 5.68. The van der Waals surface area contributed by atoms with Gasteiger partial charge in [0.15, 0.2) is 0 Å². The minimum Gasteiger partial charge on any atom is -0.351 e. The van der Waals surface area contributed by atoms with Crippen LogP contribution in [0.2, 0.25) is 0 Å². The SMILES string of the molecule is Cc1c2n(c3c(CC(C)C)cc(C#N)cc13)CCCNC2=O.Cc1cc(CC(C)C)c2c(c1)cc1n2CCCNC1=O. The third-order valence-corrected chi connectivity index (χ3v) is 8.22. The van der Waals surface area contributed by atoms with Gasteiger partial charge in [0.25, 0.3) is 11.8 Å². The van der Waals surface area contributed by atoms with Crippen molar-refractivity contribution in [3.05, 3.63) is 69.5 Å². The Balaban J connectivity index is 0.000000169. The molecule has 6 rings (SSSR count). The molecule has 2 amide bonds. The number of nitrogens with zero attached hydrogens (tertiary/aromatic N) is 3. The van der Waals surface area contributed by atoms with Crippen LogP contribution in [0.25, 0.3) is 21.8 Å². The molecule has 4 aromatic rings. The summed E-state index contributed by atoms with van der Waals surface area (Å²) in [6, 6.07) is 12.7. The molecule has 0 saturated heterocycles. The lowest BCUT2D eigenvalue weighted by Crippen LogP contribution is -2.23. The number of rotatable bonds is 4. The van der Waals surface area contributed by atoms with Crippen molar-refractivity contribution in [2.24, 2.45) is 11.8 Å². The Hall–Kier alpha value is -4.05. The molecule has 2 aromatic carbocycles. The second kappa shape index (κ2) is 12.1. The first-order valence-corrected chi connectivity index (χ1v) is 15.3. The molecule has 0 aliphatic carbocycles. The smallest absolute Gasteiger partial charge is 0.268 e. The number of aromatic nitrogens is 2. The van der Waals surface area contributed by atoms with Crippen molar-refractivity contribution in [3.63, 3.8) is 0 Å². The van der Waals surface area contributed by atoms with Crippen molar-refractivity contribution in [3.8, 4) is 6.07 Å². The fourth-order valence-electron chi connectivity index (χ4n) is 6.65. The summed E-state index contributed by atoms with van der Waals surface area (Å²) in [6.45, 7) is 16.2. The van der Waals surface area contributed by atoms with E-state index in [1.165, 1.54) is 27.6 Å². The normalized spacial score (nSPS) is 14.9. The lowest BCUT2D eigenvalue weighted by atomic mass is 9.97. The van der Waals surface area contributed by atoms with Gasteiger partial charge in [-0.3, -0.25) is 9.59 Å². The van der Waals surface area contributed by atoms with Gasteiger partial charge in [0, 0.05) is 37.0 Å². The highest BCUT2D eigenvalue weighted by Crippen LogP contribution is 2.32. The summed E-state index contributed by atoms with van der Waals surface area (Å²) in [5, 5.41) is 17.5. The van der Waals surface area contributed by atoms with Gasteiger partial charge in [0.05, 0.1) is 22.7 Å². The summed E-state index contributed by atoms with van der Waals surface area (Å²) in [5.74, 6) is 1.18. The van der Waals surface area contributed by atoms with Gasteiger partial charge in [-0.05, 0) is 92.3 Å². The Kier molecular flexibility index (Phi) is 8.45. The number of benzene rings is 2. The Bertz CT molecular complexity index is 1710. The Morgan fingerprint density at radius 3 is 2.07 bits per heavy atom. The first kappa shape index (κ1) is 29.4. The van der Waals surface area contributed by atoms with Gasteiger partial charge in [-0.2, -0.15) is 5.26 Å². The van der Waals surface area contributed by atoms with Crippen molar-refractivity contribution < 1.29 is 9.59 Å². The number of aryl methyl sites for hydroxylation is 4. The zero-order valence-corrected chi connectivity index (χ0v) is 25.9. The second-order valence-electron chi connectivity index (χ2n) is 12.7. The number of carbonyl (C=O) groups is 2. The van der Waals surface area contributed by atoms with Crippen molar-refractivity contribution in [1.82, 2.24) is 19.8 Å². The summed E-state index contributed by atoms with van der Waals surface area (Å²) in [5.41, 5.74) is 9.44. The van der Waals surface area contributed by atoms with E-state index in [4.69, 9.17) is 0 Å². The molecule has 2 aromatic heterocycles. The molecule has 7 heteroatoms. The summed E-state index contributed by atoms with van der Waals surface area (Å²) < 4.78 is 4.38. The molecule has 0 fully saturated rings. The van der Waals surface area contributed by atoms with Crippen molar-refractivity contribution in [2.75, 3.05) is 13.1 Å². The molecule has 0 atom stereocenters. The topological polar surface area (TPSA) is 91.8 Å². The maximum absolute atomic E-state index is 12.4. The lowest BCUT2D eigenvalue weighted by Gasteiger charge is -2.12. The molecule has 2 N–H and O–H groups in total. The zero-order valence-electron chi connectivity index (χ0n) is 25.9. The molecule has 7 nitrogen and oxygen atoms in total. The van der Waals surface area contributed by atoms with Crippen molar-refractivity contribution in [2.45, 2.75) is 80.3 Å². The number of nitrogens with one attached hydrogen (secondary N) is 2. The molecular weight excluding hydrogens is 522 g/mol. The van der Waals surface area contributed by atoms with E-state index < -0.39 is 0 Å². The molecular formula is C35H43N5O2. The van der Waals surface area contributed by atoms with Crippen LogP contribution in [0, 0.1) is 37.0 Å². The van der Waals surface area contributed by atoms with Crippen LogP contribution in [-0.4, -0.2) is 34.0 Å². The third-order valence-electron chi connectivity index (χ3n) is 8.22. The van der Waals surface area contributed by atoms with E-state index in [0.29, 0.717) is 17.4 Å². The van der Waals surface area contributed by atoms with Gasteiger partial charge in [0.2, 0.25) is 0 Å². The minimum atomic E-state index is 0.000189. The van der Waals surface area contributed by atoms with E-state index in [-0.39, 0.29) is 11.8 Å². The average Bonchev–Trinajstić information content (AvgIpc) is 3.27. The summed E-state index contributed by atoms with van der Waals surface area (Å²) in [6.07, 6.45) is 3.90. The predicted molar refractivity (Wildman–Crippen MR) is 169 cm³/mol. The largest absolute Gasteiger partial charge is 0.351 e. The molecule has 42 heavy (non-hydrogen) atoms. The first-order valence-electron chi connectivity index (χ1n) is 15.3. The summed E-state index contributed by atoms with van der Waals surface area (Å²) in [4.78, 5) is 24.5. The van der Waals surface area contributed by atoms with E-state index in [1.54, 1.807) is 0 Å². The van der Waals surface area contributed by atoms with E-state index in [0.717, 1.165) is 79.7 Å². The quantitative estimate of drug-likeness (QED) is 0.299. The standard InChI is InChI=1S/C18H21N3O.C17H22N2O/c1-11(2)7-14-8-13(10-19)9-15-12(3)16-18(22)20-5-4-6-21(16)17(14)15;1-11(2)7-13-8-12(3)9-14-10-15-17(20)18-5-4-6-19(15)16(13)14/h8-9,11H,4-7H2,1-3H3,(H,20,22);8-11H,4-7H2,1-3H3,(H,18,20). The molecule has 0 saturated carbocycles. The van der Waals surface area contributed by atoms with Crippen LogP contribution in [0.3, 0.4) is 0 Å². The molecule has 2 aliphatic heterocycles. The monoisotopic (exact) mass is 565 g/mol. The van der Waals surface area contributed by atoms with Crippen LogP contribution in [-0.2, 0) is 25.9 Å². The first-order chi connectivity index (χ1) is 20.1. The highest BCUT2D eigenvalue weighted by atomic mass is 16.2. The van der Waals surface area contributed by atoms with Gasteiger partial charge in [-0.25, -0.2) is 0 Å². The molecule has 0 bridgehead atoms. The Morgan fingerprint density at radius 1 is 0.810 bits per heavy atom. The molecule has 0 unspecified atom stereocenters. The van der Waals surface area contributed by atoms with E-state index >= 15 is 0 Å². The Labute approximate surface area is 248 Å². The van der Waals surface area contributed by atoms with Crippen LogP contribution >= 0.6 is 0 Å². The highest BCUT2D eigenvalue weighted by molar-refractivity contribution is 6.03. The zero-order chi connectivity index (χ0) is 30.1. The number of amides is 2. The second-order valence-corrected chi connectivity index (χ2v) is 12.7. The van der Waals surface area contributed by atoms with E-state index in [2.05, 4.69) is 72.6 Å². The van der Waals surface area contributed by atoms with Gasteiger partial charge in [0.1, 0.15) is 11.4 Å². The van der Waals surface area contributed by atoms with E-state index in [1.807, 2.05) is 25.1 Å². The highest BCUT2D eigenvalue weighted by Gasteiger charge is 2.25. The van der Waals surface area contributed by atoms with Crippen molar-refractivity contribution >= 4 is 33.6 Å². The van der Waals surface area contributed by atoms with Gasteiger partial charge in [-0.15, -0.1) is 0 Å². The minimum absolute atomic E-state index is 0.000189. The number of fused-ring (bicyclic) bond motifs is 6. The number of hydrogen-bond donors (Lipinski definition) is 2. The number of carbonyl (C=O) groups excluding carboxylic acids is 2.